The molecular formula is C9H9BrClF2NO3. The van der Waals surface area contributed by atoms with E-state index >= 15 is 0 Å². The fourth-order valence-corrected chi connectivity index (χ4v) is 1.55. The van der Waals surface area contributed by atoms with Gasteiger partial charge in [-0.25, -0.2) is 8.78 Å². The number of ether oxygens (including phenoxy) is 1. The number of esters is 1. The highest BCUT2D eigenvalue weighted by atomic mass is 79.9. The average molecular weight is 333 g/mol. The second kappa shape index (κ2) is 6.13. The number of hydrogen-bond acceptors (Lipinski definition) is 4. The first-order chi connectivity index (χ1) is 7.40. The molecule has 0 aliphatic rings. The van der Waals surface area contributed by atoms with Crippen molar-refractivity contribution in [3.05, 3.63) is 27.7 Å². The van der Waals surface area contributed by atoms with Crippen LogP contribution in [0.1, 0.15) is 11.6 Å². The summed E-state index contributed by atoms with van der Waals surface area (Å²) >= 11 is 2.81. The summed E-state index contributed by atoms with van der Waals surface area (Å²) in [7, 11) is 1.05. The molecule has 0 aliphatic carbocycles. The standard InChI is InChI=1S/C9H8BrF2NO3.ClH/c1-16-9(15)7(13)5-6(12)4(11)2-3(10)8(5)14;/h2,7,14H,13H2,1H3;1H/t7-;/m0./s1. The van der Waals surface area contributed by atoms with Gasteiger partial charge in [-0.3, -0.25) is 4.79 Å². The number of carbonyl (C=O) groups excluding carboxylic acids is 1. The summed E-state index contributed by atoms with van der Waals surface area (Å²) in [4.78, 5) is 11.1. The van der Waals surface area contributed by atoms with Crippen molar-refractivity contribution in [2.75, 3.05) is 7.11 Å². The highest BCUT2D eigenvalue weighted by Crippen LogP contribution is 2.35. The first-order valence-electron chi connectivity index (χ1n) is 4.10. The Kier molecular flexibility index (Phi) is 5.80. The maximum Gasteiger partial charge on any atom is 0.327 e. The summed E-state index contributed by atoms with van der Waals surface area (Å²) in [5.74, 6) is -4.21. The Morgan fingerprint density at radius 1 is 1.59 bits per heavy atom. The van der Waals surface area contributed by atoms with Gasteiger partial charge < -0.3 is 15.6 Å². The molecule has 0 saturated carbocycles. The predicted molar refractivity (Wildman–Crippen MR) is 61.9 cm³/mol. The van der Waals surface area contributed by atoms with Gasteiger partial charge in [0.1, 0.15) is 11.8 Å². The van der Waals surface area contributed by atoms with Crippen LogP contribution in [0.5, 0.6) is 5.75 Å². The van der Waals surface area contributed by atoms with Crippen LogP contribution in [0.15, 0.2) is 10.5 Å². The Morgan fingerprint density at radius 3 is 2.59 bits per heavy atom. The van der Waals surface area contributed by atoms with Gasteiger partial charge in [0.25, 0.3) is 0 Å². The Bertz CT molecular complexity index is 418. The van der Waals surface area contributed by atoms with Crippen molar-refractivity contribution in [1.29, 1.82) is 0 Å². The molecule has 0 heterocycles. The largest absolute Gasteiger partial charge is 0.506 e. The molecule has 0 spiro atoms. The number of phenolic OH excluding ortho intramolecular Hbond substituents is 1. The van der Waals surface area contributed by atoms with E-state index in [-0.39, 0.29) is 16.9 Å². The lowest BCUT2D eigenvalue weighted by atomic mass is 10.1. The zero-order valence-electron chi connectivity index (χ0n) is 8.54. The minimum absolute atomic E-state index is 0. The van der Waals surface area contributed by atoms with Crippen molar-refractivity contribution in [3.8, 4) is 5.75 Å². The van der Waals surface area contributed by atoms with E-state index in [2.05, 4.69) is 20.7 Å². The molecule has 0 radical (unpaired) electrons. The Morgan fingerprint density at radius 2 is 2.12 bits per heavy atom. The number of nitrogens with two attached hydrogens (primary N) is 1. The molecule has 4 nitrogen and oxygen atoms in total. The highest BCUT2D eigenvalue weighted by Gasteiger charge is 2.27. The maximum atomic E-state index is 13.3. The smallest absolute Gasteiger partial charge is 0.327 e. The first-order valence-corrected chi connectivity index (χ1v) is 4.89. The van der Waals surface area contributed by atoms with Crippen LogP contribution in [-0.4, -0.2) is 18.2 Å². The number of phenols is 1. The molecule has 0 saturated heterocycles. The monoisotopic (exact) mass is 331 g/mol. The number of aromatic hydroxyl groups is 1. The Labute approximate surface area is 110 Å². The number of rotatable bonds is 2. The topological polar surface area (TPSA) is 72.5 Å². The zero-order chi connectivity index (χ0) is 12.5. The van der Waals surface area contributed by atoms with Crippen LogP contribution in [0.4, 0.5) is 8.78 Å². The van der Waals surface area contributed by atoms with Crippen molar-refractivity contribution in [3.63, 3.8) is 0 Å². The number of benzene rings is 1. The summed E-state index contributed by atoms with van der Waals surface area (Å²) in [6.07, 6.45) is 0. The van der Waals surface area contributed by atoms with Gasteiger partial charge in [0, 0.05) is 0 Å². The van der Waals surface area contributed by atoms with Crippen LogP contribution in [-0.2, 0) is 9.53 Å². The summed E-state index contributed by atoms with van der Waals surface area (Å²) in [5, 5.41) is 9.48. The van der Waals surface area contributed by atoms with Crippen LogP contribution in [0.3, 0.4) is 0 Å². The molecule has 0 fully saturated rings. The quantitative estimate of drug-likeness (QED) is 0.642. The molecule has 1 atom stereocenters. The third-order valence-electron chi connectivity index (χ3n) is 1.95. The maximum absolute atomic E-state index is 13.3. The van der Waals surface area contributed by atoms with Crippen LogP contribution < -0.4 is 5.73 Å². The van der Waals surface area contributed by atoms with Crippen molar-refractivity contribution in [1.82, 2.24) is 0 Å². The molecule has 0 amide bonds. The van der Waals surface area contributed by atoms with Gasteiger partial charge in [0.15, 0.2) is 11.6 Å². The lowest BCUT2D eigenvalue weighted by Crippen LogP contribution is -2.24. The summed E-state index contributed by atoms with van der Waals surface area (Å²) in [5.41, 5.74) is 4.69. The normalized spacial score (nSPS) is 11.6. The van der Waals surface area contributed by atoms with Gasteiger partial charge in [-0.1, -0.05) is 0 Å². The van der Waals surface area contributed by atoms with E-state index in [4.69, 9.17) is 5.73 Å². The van der Waals surface area contributed by atoms with E-state index in [1.165, 1.54) is 0 Å². The lowest BCUT2D eigenvalue weighted by Gasteiger charge is -2.13. The molecule has 1 aromatic carbocycles. The molecule has 1 aromatic rings. The van der Waals surface area contributed by atoms with Gasteiger partial charge in [-0.05, 0) is 22.0 Å². The molecule has 96 valence electrons. The summed E-state index contributed by atoms with van der Waals surface area (Å²) in [6.45, 7) is 0. The van der Waals surface area contributed by atoms with Crippen LogP contribution >= 0.6 is 28.3 Å². The van der Waals surface area contributed by atoms with E-state index in [9.17, 15) is 18.7 Å². The minimum atomic E-state index is -1.59. The van der Waals surface area contributed by atoms with E-state index in [0.717, 1.165) is 13.2 Å². The number of methoxy groups -OCH3 is 1. The molecule has 0 aromatic heterocycles. The van der Waals surface area contributed by atoms with E-state index in [1.54, 1.807) is 0 Å². The van der Waals surface area contributed by atoms with Crippen molar-refractivity contribution in [2.24, 2.45) is 5.73 Å². The fraction of sp³-hybridized carbons (Fsp3) is 0.222. The molecule has 8 heteroatoms. The van der Waals surface area contributed by atoms with Crippen molar-refractivity contribution in [2.45, 2.75) is 6.04 Å². The van der Waals surface area contributed by atoms with Crippen molar-refractivity contribution < 1.29 is 23.4 Å². The molecule has 0 unspecified atom stereocenters. The van der Waals surface area contributed by atoms with E-state index in [1.807, 2.05) is 0 Å². The van der Waals surface area contributed by atoms with E-state index in [0.29, 0.717) is 0 Å². The van der Waals surface area contributed by atoms with Crippen LogP contribution in [0.25, 0.3) is 0 Å². The zero-order valence-corrected chi connectivity index (χ0v) is 10.9. The Balaban J connectivity index is 0.00000256. The molecule has 0 bridgehead atoms. The third-order valence-corrected chi connectivity index (χ3v) is 2.55. The molecule has 17 heavy (non-hydrogen) atoms. The SMILES string of the molecule is COC(=O)[C@@H](N)c1c(O)c(Br)cc(F)c1F.Cl. The lowest BCUT2D eigenvalue weighted by molar-refractivity contribution is -0.142. The highest BCUT2D eigenvalue weighted by molar-refractivity contribution is 9.10. The summed E-state index contributed by atoms with van der Waals surface area (Å²) < 4.78 is 30.6. The minimum Gasteiger partial charge on any atom is -0.506 e. The predicted octanol–water partition coefficient (Wildman–Crippen LogP) is 2.03. The van der Waals surface area contributed by atoms with Crippen LogP contribution in [0.2, 0.25) is 0 Å². The number of halogens is 4. The van der Waals surface area contributed by atoms with Gasteiger partial charge in [0.2, 0.25) is 0 Å². The van der Waals surface area contributed by atoms with E-state index < -0.39 is 35.0 Å². The molecule has 1 rings (SSSR count). The molecular weight excluding hydrogens is 323 g/mol. The van der Waals surface area contributed by atoms with Gasteiger partial charge in [0.05, 0.1) is 17.1 Å². The van der Waals surface area contributed by atoms with Gasteiger partial charge >= 0.3 is 5.97 Å². The van der Waals surface area contributed by atoms with Gasteiger partial charge in [-0.15, -0.1) is 12.4 Å². The third kappa shape index (κ3) is 3.05. The number of hydrogen-bond donors (Lipinski definition) is 2. The fourth-order valence-electron chi connectivity index (χ4n) is 1.13. The van der Waals surface area contributed by atoms with Crippen molar-refractivity contribution >= 4 is 34.3 Å². The Hall–Kier alpha value is -0.920. The molecule has 0 aliphatic heterocycles. The van der Waals surface area contributed by atoms with Crippen LogP contribution in [0, 0.1) is 11.6 Å². The van der Waals surface area contributed by atoms with Gasteiger partial charge in [-0.2, -0.15) is 0 Å². The summed E-state index contributed by atoms with van der Waals surface area (Å²) in [6, 6.07) is -0.852. The molecule has 3 N–H and O–H groups in total. The first kappa shape index (κ1) is 16.1. The second-order valence-corrected chi connectivity index (χ2v) is 3.77. The second-order valence-electron chi connectivity index (χ2n) is 2.92. The average Bonchev–Trinajstić information content (AvgIpc) is 2.25. The number of carbonyl (C=O) groups is 1.